The third kappa shape index (κ3) is 6.41. The van der Waals surface area contributed by atoms with Crippen molar-refractivity contribution in [2.45, 2.75) is 38.8 Å². The Kier molecular flexibility index (Phi) is 8.08. The van der Waals surface area contributed by atoms with E-state index >= 15 is 0 Å². The average Bonchev–Trinajstić information content (AvgIpc) is 3.69. The number of ether oxygens (including phenoxy) is 2. The normalized spacial score (nSPS) is 24.1. The molecule has 35 heavy (non-hydrogen) atoms. The molecule has 0 spiro atoms. The van der Waals surface area contributed by atoms with Gasteiger partial charge >= 0.3 is 0 Å². The number of carbonyl (C=O) groups excluding carboxylic acids is 2. The second-order valence-corrected chi connectivity index (χ2v) is 10.0. The fourth-order valence-corrected chi connectivity index (χ4v) is 4.61. The van der Waals surface area contributed by atoms with E-state index in [0.717, 1.165) is 19.0 Å². The third-order valence-corrected chi connectivity index (χ3v) is 7.06. The number of hydrogen-bond acceptors (Lipinski definition) is 5. The summed E-state index contributed by atoms with van der Waals surface area (Å²) < 4.78 is 12.1. The fourth-order valence-electron chi connectivity index (χ4n) is 4.61. The predicted molar refractivity (Wildman–Crippen MR) is 137 cm³/mol. The molecule has 1 fully saturated rings. The first-order valence-corrected chi connectivity index (χ1v) is 12.5. The van der Waals surface area contributed by atoms with E-state index in [1.165, 1.54) is 12.8 Å². The Labute approximate surface area is 208 Å². The summed E-state index contributed by atoms with van der Waals surface area (Å²) in [7, 11) is 3.50. The Morgan fingerprint density at radius 1 is 1.11 bits per heavy atom. The van der Waals surface area contributed by atoms with Crippen molar-refractivity contribution in [2.75, 3.05) is 45.7 Å². The van der Waals surface area contributed by atoms with E-state index in [0.29, 0.717) is 35.7 Å². The van der Waals surface area contributed by atoms with Crippen molar-refractivity contribution in [1.82, 2.24) is 9.80 Å². The van der Waals surface area contributed by atoms with Crippen molar-refractivity contribution in [3.8, 4) is 5.75 Å². The maximum absolute atomic E-state index is 13.5. The van der Waals surface area contributed by atoms with Crippen LogP contribution < -0.4 is 10.1 Å². The lowest BCUT2D eigenvalue weighted by Crippen LogP contribution is -2.47. The molecule has 0 radical (unpaired) electrons. The number of rotatable bonds is 5. The molecule has 2 aliphatic rings. The van der Waals surface area contributed by atoms with Gasteiger partial charge in [-0.2, -0.15) is 0 Å². The minimum atomic E-state index is -0.224. The molecule has 1 N–H and O–H groups in total. The molecule has 0 bridgehead atoms. The van der Waals surface area contributed by atoms with Crippen molar-refractivity contribution < 1.29 is 19.1 Å². The monoisotopic (exact) mass is 479 g/mol. The van der Waals surface area contributed by atoms with Gasteiger partial charge in [-0.25, -0.2) is 0 Å². The summed E-state index contributed by atoms with van der Waals surface area (Å²) >= 11 is 0. The van der Waals surface area contributed by atoms with Crippen LogP contribution in [0.3, 0.4) is 0 Å². The van der Waals surface area contributed by atoms with Crippen LogP contribution in [0.1, 0.15) is 47.4 Å². The standard InChI is InChI=1S/C28H37N3O4/c1-19-15-31(16-21-10-11-21)20(2)18-35-25-13-12-23(29-27(32)22-8-6-5-7-9-22)14-24(25)28(33)30(3)17-26(19)34-4/h5-9,12-14,19-21,26H,10-11,15-18H2,1-4H3,(H,29,32)/t19-,20+,26+/m1/s1. The van der Waals surface area contributed by atoms with E-state index in [1.807, 2.05) is 18.2 Å². The zero-order valence-corrected chi connectivity index (χ0v) is 21.2. The number of nitrogens with zero attached hydrogens (tertiary/aromatic N) is 2. The van der Waals surface area contributed by atoms with Crippen LogP contribution in [0.2, 0.25) is 0 Å². The smallest absolute Gasteiger partial charge is 0.257 e. The summed E-state index contributed by atoms with van der Waals surface area (Å²) in [6.07, 6.45) is 2.51. The molecule has 3 atom stereocenters. The Bertz CT molecular complexity index is 1020. The summed E-state index contributed by atoms with van der Waals surface area (Å²) in [5, 5.41) is 2.90. The van der Waals surface area contributed by atoms with Crippen LogP contribution in [0.4, 0.5) is 5.69 Å². The minimum absolute atomic E-state index is 0.0809. The Hall–Kier alpha value is -2.90. The van der Waals surface area contributed by atoms with Gasteiger partial charge in [0, 0.05) is 51.1 Å². The number of methoxy groups -OCH3 is 1. The first-order valence-electron chi connectivity index (χ1n) is 12.5. The van der Waals surface area contributed by atoms with Crippen molar-refractivity contribution >= 4 is 17.5 Å². The van der Waals surface area contributed by atoms with Gasteiger partial charge in [-0.05, 0) is 61.9 Å². The first-order chi connectivity index (χ1) is 16.9. The van der Waals surface area contributed by atoms with Gasteiger partial charge in [-0.3, -0.25) is 14.5 Å². The van der Waals surface area contributed by atoms with E-state index in [4.69, 9.17) is 9.47 Å². The molecular weight excluding hydrogens is 442 g/mol. The number of benzene rings is 2. The predicted octanol–water partition coefficient (Wildman–Crippen LogP) is 4.15. The summed E-state index contributed by atoms with van der Waals surface area (Å²) in [5.41, 5.74) is 1.54. The van der Waals surface area contributed by atoms with E-state index in [-0.39, 0.29) is 29.9 Å². The van der Waals surface area contributed by atoms with Crippen LogP contribution in [0.15, 0.2) is 48.5 Å². The lowest BCUT2D eigenvalue weighted by molar-refractivity contribution is 0.00994. The molecule has 7 nitrogen and oxygen atoms in total. The second-order valence-electron chi connectivity index (χ2n) is 10.0. The van der Waals surface area contributed by atoms with Crippen LogP contribution in [0.5, 0.6) is 5.75 Å². The molecule has 0 aromatic heterocycles. The number of nitrogens with one attached hydrogen (secondary N) is 1. The molecular formula is C28H37N3O4. The number of amides is 2. The summed E-state index contributed by atoms with van der Waals surface area (Å²) in [5.74, 6) is 1.17. The van der Waals surface area contributed by atoms with Gasteiger partial charge in [0.25, 0.3) is 11.8 Å². The number of likely N-dealkylation sites (N-methyl/N-ethyl adjacent to an activating group) is 1. The highest BCUT2D eigenvalue weighted by Crippen LogP contribution is 2.32. The van der Waals surface area contributed by atoms with Gasteiger partial charge in [0.05, 0.1) is 11.7 Å². The highest BCUT2D eigenvalue weighted by atomic mass is 16.5. The number of anilines is 1. The zero-order valence-electron chi connectivity index (χ0n) is 21.2. The van der Waals surface area contributed by atoms with Crippen molar-refractivity contribution in [1.29, 1.82) is 0 Å². The molecule has 188 valence electrons. The lowest BCUT2D eigenvalue weighted by atomic mass is 10.0. The molecule has 7 heteroatoms. The van der Waals surface area contributed by atoms with E-state index in [9.17, 15) is 9.59 Å². The molecule has 0 saturated heterocycles. The first kappa shape index (κ1) is 25.2. The van der Waals surface area contributed by atoms with Crippen molar-refractivity contribution in [3.05, 3.63) is 59.7 Å². The van der Waals surface area contributed by atoms with Gasteiger partial charge in [-0.1, -0.05) is 25.1 Å². The largest absolute Gasteiger partial charge is 0.491 e. The van der Waals surface area contributed by atoms with Crippen LogP contribution in [-0.4, -0.2) is 74.2 Å². The van der Waals surface area contributed by atoms with Gasteiger partial charge in [-0.15, -0.1) is 0 Å². The summed E-state index contributed by atoms with van der Waals surface area (Å²) in [6, 6.07) is 14.5. The van der Waals surface area contributed by atoms with Gasteiger partial charge < -0.3 is 19.7 Å². The van der Waals surface area contributed by atoms with E-state index in [2.05, 4.69) is 24.1 Å². The zero-order chi connectivity index (χ0) is 24.9. The quantitative estimate of drug-likeness (QED) is 0.698. The Morgan fingerprint density at radius 2 is 1.86 bits per heavy atom. The topological polar surface area (TPSA) is 71.1 Å². The molecule has 0 unspecified atom stereocenters. The molecule has 4 rings (SSSR count). The Balaban J connectivity index is 1.60. The van der Waals surface area contributed by atoms with E-state index < -0.39 is 0 Å². The number of hydrogen-bond donors (Lipinski definition) is 1. The molecule has 1 saturated carbocycles. The van der Waals surface area contributed by atoms with E-state index in [1.54, 1.807) is 49.4 Å². The lowest BCUT2D eigenvalue weighted by Gasteiger charge is -2.36. The number of carbonyl (C=O) groups is 2. The maximum atomic E-state index is 13.5. The molecule has 2 aromatic rings. The van der Waals surface area contributed by atoms with Crippen molar-refractivity contribution in [3.63, 3.8) is 0 Å². The fraction of sp³-hybridized carbons (Fsp3) is 0.500. The molecule has 2 aromatic carbocycles. The number of fused-ring (bicyclic) bond motifs is 1. The van der Waals surface area contributed by atoms with Crippen LogP contribution in [0, 0.1) is 11.8 Å². The molecule has 1 heterocycles. The van der Waals surface area contributed by atoms with Crippen LogP contribution in [-0.2, 0) is 4.74 Å². The van der Waals surface area contributed by atoms with Gasteiger partial charge in [0.15, 0.2) is 0 Å². The van der Waals surface area contributed by atoms with Gasteiger partial charge in [0.1, 0.15) is 12.4 Å². The van der Waals surface area contributed by atoms with Crippen LogP contribution >= 0.6 is 0 Å². The maximum Gasteiger partial charge on any atom is 0.257 e. The van der Waals surface area contributed by atoms with Crippen LogP contribution in [0.25, 0.3) is 0 Å². The third-order valence-electron chi connectivity index (χ3n) is 7.06. The summed E-state index contributed by atoms with van der Waals surface area (Å²) in [4.78, 5) is 30.4. The average molecular weight is 480 g/mol. The molecule has 1 aliphatic heterocycles. The summed E-state index contributed by atoms with van der Waals surface area (Å²) in [6.45, 7) is 7.30. The molecule has 1 aliphatic carbocycles. The highest BCUT2D eigenvalue weighted by molar-refractivity contribution is 6.05. The Morgan fingerprint density at radius 3 is 2.54 bits per heavy atom. The van der Waals surface area contributed by atoms with Crippen molar-refractivity contribution in [2.24, 2.45) is 11.8 Å². The van der Waals surface area contributed by atoms with Gasteiger partial charge in [0.2, 0.25) is 0 Å². The highest BCUT2D eigenvalue weighted by Gasteiger charge is 2.31. The minimum Gasteiger partial charge on any atom is -0.491 e. The second kappa shape index (κ2) is 11.2. The SMILES string of the molecule is CO[C@H]1CN(C)C(=O)c2cc(NC(=O)c3ccccc3)ccc2OC[C@H](C)N(CC2CC2)C[C@H]1C. The molecule has 2 amide bonds.